The summed E-state index contributed by atoms with van der Waals surface area (Å²) in [5.74, 6) is 0.175. The first-order valence-corrected chi connectivity index (χ1v) is 8.78. The van der Waals surface area contributed by atoms with Crippen molar-refractivity contribution >= 4 is 5.91 Å². The van der Waals surface area contributed by atoms with Crippen LogP contribution in [-0.2, 0) is 4.79 Å². The summed E-state index contributed by atoms with van der Waals surface area (Å²) in [6.07, 6.45) is 6.74. The Morgan fingerprint density at radius 2 is 1.77 bits per heavy atom. The third-order valence-corrected chi connectivity index (χ3v) is 4.51. The number of hydrogen-bond donors (Lipinski definition) is 1. The fourth-order valence-corrected chi connectivity index (χ4v) is 3.18. The smallest absolute Gasteiger partial charge is 0.220 e. The van der Waals surface area contributed by atoms with Gasteiger partial charge in [0.05, 0.1) is 6.04 Å². The first-order chi connectivity index (χ1) is 10.7. The Morgan fingerprint density at radius 3 is 2.36 bits per heavy atom. The van der Waals surface area contributed by atoms with Crippen molar-refractivity contribution in [2.45, 2.75) is 58.4 Å². The monoisotopic (exact) mass is 302 g/mol. The molecule has 3 nitrogen and oxygen atoms in total. The van der Waals surface area contributed by atoms with Crippen LogP contribution in [0.1, 0.15) is 62.6 Å². The molecule has 1 aliphatic heterocycles. The van der Waals surface area contributed by atoms with E-state index in [2.05, 4.69) is 41.4 Å². The third-order valence-electron chi connectivity index (χ3n) is 4.51. The zero-order valence-electron chi connectivity index (χ0n) is 14.1. The molecule has 1 amide bonds. The molecule has 1 atom stereocenters. The Balaban J connectivity index is 2.08. The normalized spacial score (nSPS) is 17.7. The van der Waals surface area contributed by atoms with Crippen molar-refractivity contribution in [3.05, 3.63) is 35.4 Å². The molecule has 1 aromatic carbocycles. The van der Waals surface area contributed by atoms with E-state index in [1.807, 2.05) is 6.92 Å². The largest absolute Gasteiger partial charge is 0.354 e. The summed E-state index contributed by atoms with van der Waals surface area (Å²) in [6, 6.07) is 9.09. The maximum Gasteiger partial charge on any atom is 0.220 e. The van der Waals surface area contributed by atoms with E-state index in [0.717, 1.165) is 26.1 Å². The van der Waals surface area contributed by atoms with Gasteiger partial charge < -0.3 is 5.32 Å². The number of hydrogen-bond acceptors (Lipinski definition) is 2. The molecule has 22 heavy (non-hydrogen) atoms. The van der Waals surface area contributed by atoms with Crippen LogP contribution < -0.4 is 5.32 Å². The molecule has 0 bridgehead atoms. The van der Waals surface area contributed by atoms with Crippen molar-refractivity contribution in [2.75, 3.05) is 19.6 Å². The fourth-order valence-electron chi connectivity index (χ4n) is 3.18. The first-order valence-electron chi connectivity index (χ1n) is 8.78. The predicted molar refractivity (Wildman–Crippen MR) is 91.9 cm³/mol. The Labute approximate surface area is 135 Å². The Morgan fingerprint density at radius 1 is 1.14 bits per heavy atom. The summed E-state index contributed by atoms with van der Waals surface area (Å²) >= 11 is 0. The van der Waals surface area contributed by atoms with E-state index in [0.29, 0.717) is 12.5 Å². The van der Waals surface area contributed by atoms with Crippen molar-refractivity contribution < 1.29 is 4.79 Å². The van der Waals surface area contributed by atoms with E-state index in [-0.39, 0.29) is 5.91 Å². The van der Waals surface area contributed by atoms with Crippen LogP contribution in [0.5, 0.6) is 0 Å². The number of rotatable bonds is 6. The molecule has 0 radical (unpaired) electrons. The van der Waals surface area contributed by atoms with Gasteiger partial charge in [-0.3, -0.25) is 9.69 Å². The topological polar surface area (TPSA) is 32.3 Å². The minimum Gasteiger partial charge on any atom is -0.354 e. The highest BCUT2D eigenvalue weighted by Gasteiger charge is 2.21. The van der Waals surface area contributed by atoms with Crippen molar-refractivity contribution in [3.63, 3.8) is 0 Å². The molecule has 1 fully saturated rings. The highest BCUT2D eigenvalue weighted by Crippen LogP contribution is 2.24. The summed E-state index contributed by atoms with van der Waals surface area (Å²) in [5.41, 5.74) is 2.61. The summed E-state index contributed by atoms with van der Waals surface area (Å²) < 4.78 is 0. The number of carbonyl (C=O) groups excluding carboxylic acids is 1. The van der Waals surface area contributed by atoms with Crippen LogP contribution in [0.15, 0.2) is 24.3 Å². The lowest BCUT2D eigenvalue weighted by Gasteiger charge is -2.31. The predicted octanol–water partition coefficient (Wildman–Crippen LogP) is 3.83. The van der Waals surface area contributed by atoms with E-state index >= 15 is 0 Å². The Kier molecular flexibility index (Phi) is 6.91. The zero-order valence-corrected chi connectivity index (χ0v) is 14.1. The molecular formula is C19H30N2O. The van der Waals surface area contributed by atoms with Gasteiger partial charge in [-0.1, -0.05) is 49.6 Å². The van der Waals surface area contributed by atoms with Crippen LogP contribution in [0.2, 0.25) is 0 Å². The number of benzene rings is 1. The van der Waals surface area contributed by atoms with Gasteiger partial charge in [-0.25, -0.2) is 0 Å². The van der Waals surface area contributed by atoms with Crippen molar-refractivity contribution in [1.29, 1.82) is 0 Å². The fraction of sp³-hybridized carbons (Fsp3) is 0.632. The molecule has 0 aliphatic carbocycles. The van der Waals surface area contributed by atoms with Crippen LogP contribution >= 0.6 is 0 Å². The van der Waals surface area contributed by atoms with Crippen molar-refractivity contribution in [2.24, 2.45) is 0 Å². The minimum absolute atomic E-state index is 0.175. The second kappa shape index (κ2) is 8.94. The molecule has 2 rings (SSSR count). The number of nitrogens with one attached hydrogen (secondary N) is 1. The van der Waals surface area contributed by atoms with E-state index in [4.69, 9.17) is 0 Å². The van der Waals surface area contributed by atoms with E-state index in [1.54, 1.807) is 0 Å². The second-order valence-corrected chi connectivity index (χ2v) is 6.43. The molecule has 0 saturated carbocycles. The van der Waals surface area contributed by atoms with Gasteiger partial charge in [0, 0.05) is 13.0 Å². The van der Waals surface area contributed by atoms with Crippen molar-refractivity contribution in [3.8, 4) is 0 Å². The third kappa shape index (κ3) is 5.13. The zero-order chi connectivity index (χ0) is 15.8. The molecular weight excluding hydrogens is 272 g/mol. The Hall–Kier alpha value is -1.35. The van der Waals surface area contributed by atoms with Gasteiger partial charge in [0.25, 0.3) is 0 Å². The number of likely N-dealkylation sites (tertiary alicyclic amines) is 1. The molecule has 122 valence electrons. The SMILES string of the molecule is CCCC(=O)NC[C@H](c1ccc(C)cc1)N1CCCCCC1. The summed E-state index contributed by atoms with van der Waals surface area (Å²) in [5, 5.41) is 3.13. The molecule has 3 heteroatoms. The molecule has 1 saturated heterocycles. The highest BCUT2D eigenvalue weighted by molar-refractivity contribution is 5.75. The lowest BCUT2D eigenvalue weighted by Crippen LogP contribution is -2.38. The molecule has 1 heterocycles. The number of aryl methyl sites for hydroxylation is 1. The van der Waals surface area contributed by atoms with Gasteiger partial charge >= 0.3 is 0 Å². The number of nitrogens with zero attached hydrogens (tertiary/aromatic N) is 1. The van der Waals surface area contributed by atoms with Crippen LogP contribution in [0.3, 0.4) is 0 Å². The van der Waals surface area contributed by atoms with Crippen LogP contribution in [0.25, 0.3) is 0 Å². The van der Waals surface area contributed by atoms with Crippen LogP contribution in [-0.4, -0.2) is 30.4 Å². The summed E-state index contributed by atoms with van der Waals surface area (Å²) in [7, 11) is 0. The Bertz CT molecular complexity index is 447. The van der Waals surface area contributed by atoms with Crippen molar-refractivity contribution in [1.82, 2.24) is 10.2 Å². The van der Waals surface area contributed by atoms with E-state index in [1.165, 1.54) is 36.8 Å². The van der Waals surface area contributed by atoms with Gasteiger partial charge in [0.1, 0.15) is 0 Å². The molecule has 0 unspecified atom stereocenters. The van der Waals surface area contributed by atoms with Gasteiger partial charge in [0.2, 0.25) is 5.91 Å². The van der Waals surface area contributed by atoms with Gasteiger partial charge in [-0.2, -0.15) is 0 Å². The van der Waals surface area contributed by atoms with E-state index in [9.17, 15) is 4.79 Å². The first kappa shape index (κ1) is 17.0. The van der Waals surface area contributed by atoms with E-state index < -0.39 is 0 Å². The molecule has 1 aromatic rings. The quantitative estimate of drug-likeness (QED) is 0.866. The number of amides is 1. The lowest BCUT2D eigenvalue weighted by atomic mass is 10.0. The number of carbonyl (C=O) groups is 1. The minimum atomic E-state index is 0.175. The average molecular weight is 302 g/mol. The maximum atomic E-state index is 11.9. The maximum absolute atomic E-state index is 11.9. The second-order valence-electron chi connectivity index (χ2n) is 6.43. The van der Waals surface area contributed by atoms with Gasteiger partial charge in [-0.05, 0) is 44.8 Å². The summed E-state index contributed by atoms with van der Waals surface area (Å²) in [6.45, 7) is 7.17. The highest BCUT2D eigenvalue weighted by atomic mass is 16.1. The lowest BCUT2D eigenvalue weighted by molar-refractivity contribution is -0.121. The van der Waals surface area contributed by atoms with Gasteiger partial charge in [0.15, 0.2) is 0 Å². The van der Waals surface area contributed by atoms with Crippen LogP contribution in [0.4, 0.5) is 0 Å². The molecule has 0 spiro atoms. The van der Waals surface area contributed by atoms with Crippen LogP contribution in [0, 0.1) is 6.92 Å². The average Bonchev–Trinajstić information content (AvgIpc) is 2.79. The molecule has 1 aliphatic rings. The molecule has 0 aromatic heterocycles. The van der Waals surface area contributed by atoms with Gasteiger partial charge in [-0.15, -0.1) is 0 Å². The summed E-state index contributed by atoms with van der Waals surface area (Å²) in [4.78, 5) is 14.4. The molecule has 1 N–H and O–H groups in total. The standard InChI is InChI=1S/C19H30N2O/c1-3-8-19(22)20-15-18(17-11-9-16(2)10-12-17)21-13-6-4-5-7-14-21/h9-12,18H,3-8,13-15H2,1-2H3,(H,20,22)/t18-/m1/s1.